The molecule has 1 atom stereocenters. The third kappa shape index (κ3) is 4.75. The molecule has 1 N–H and O–H groups in total. The standard InChI is InChI=1S/C23H30N4O2/c1-16-5-7-18(8-6-16)21-24-15-20(23(28)25-14-19-4-3-13-29-19)22(26-21)27-11-9-17(2)10-12-27/h5-8,15,17,19H,3-4,9-14H2,1-2H3,(H,25,28)/t19-/m1/s1. The van der Waals surface area contributed by atoms with E-state index >= 15 is 0 Å². The Labute approximate surface area is 172 Å². The maximum Gasteiger partial charge on any atom is 0.256 e. The molecule has 1 amide bonds. The molecule has 2 fully saturated rings. The van der Waals surface area contributed by atoms with Crippen LogP contribution in [0.1, 0.15) is 48.5 Å². The monoisotopic (exact) mass is 394 g/mol. The third-order valence-electron chi connectivity index (χ3n) is 5.92. The van der Waals surface area contributed by atoms with Gasteiger partial charge in [-0.25, -0.2) is 9.97 Å². The lowest BCUT2D eigenvalue weighted by Gasteiger charge is -2.32. The average molecular weight is 395 g/mol. The van der Waals surface area contributed by atoms with E-state index in [0.717, 1.165) is 56.8 Å². The van der Waals surface area contributed by atoms with E-state index in [-0.39, 0.29) is 12.0 Å². The van der Waals surface area contributed by atoms with Crippen molar-refractivity contribution in [1.29, 1.82) is 0 Å². The smallest absolute Gasteiger partial charge is 0.256 e. The molecule has 0 saturated carbocycles. The summed E-state index contributed by atoms with van der Waals surface area (Å²) in [6.45, 7) is 7.49. The van der Waals surface area contributed by atoms with Crippen LogP contribution in [-0.2, 0) is 4.74 Å². The number of rotatable bonds is 5. The first-order valence-corrected chi connectivity index (χ1v) is 10.7. The lowest BCUT2D eigenvalue weighted by molar-refractivity contribution is 0.0857. The van der Waals surface area contributed by atoms with Gasteiger partial charge in [-0.15, -0.1) is 0 Å². The van der Waals surface area contributed by atoms with Crippen molar-refractivity contribution >= 4 is 11.7 Å². The van der Waals surface area contributed by atoms with E-state index in [2.05, 4.69) is 41.2 Å². The van der Waals surface area contributed by atoms with Crippen LogP contribution in [0.2, 0.25) is 0 Å². The van der Waals surface area contributed by atoms with Gasteiger partial charge in [0.2, 0.25) is 0 Å². The number of anilines is 1. The summed E-state index contributed by atoms with van der Waals surface area (Å²) >= 11 is 0. The minimum Gasteiger partial charge on any atom is -0.376 e. The second kappa shape index (κ2) is 8.91. The Kier molecular flexibility index (Phi) is 6.09. The average Bonchev–Trinajstić information content (AvgIpc) is 3.26. The van der Waals surface area contributed by atoms with Crippen molar-refractivity contribution in [2.45, 2.75) is 45.6 Å². The van der Waals surface area contributed by atoms with Crippen molar-refractivity contribution in [1.82, 2.24) is 15.3 Å². The second-order valence-corrected chi connectivity index (χ2v) is 8.31. The molecule has 2 aromatic rings. The fourth-order valence-corrected chi connectivity index (χ4v) is 3.94. The molecule has 6 nitrogen and oxygen atoms in total. The lowest BCUT2D eigenvalue weighted by Crippen LogP contribution is -2.37. The second-order valence-electron chi connectivity index (χ2n) is 8.31. The SMILES string of the molecule is Cc1ccc(-c2ncc(C(=O)NC[C@H]3CCCO3)c(N3CCC(C)CC3)n2)cc1. The Balaban J connectivity index is 1.60. The predicted molar refractivity (Wildman–Crippen MR) is 114 cm³/mol. The first kappa shape index (κ1) is 19.8. The zero-order valence-electron chi connectivity index (χ0n) is 17.4. The largest absolute Gasteiger partial charge is 0.376 e. The molecule has 1 aromatic heterocycles. The van der Waals surface area contributed by atoms with Gasteiger partial charge in [-0.05, 0) is 38.5 Å². The number of aryl methyl sites for hydroxylation is 1. The van der Waals surface area contributed by atoms with Gasteiger partial charge in [0.05, 0.1) is 6.10 Å². The van der Waals surface area contributed by atoms with Crippen LogP contribution in [0, 0.1) is 12.8 Å². The fourth-order valence-electron chi connectivity index (χ4n) is 3.94. The molecule has 6 heteroatoms. The molecule has 154 valence electrons. The minimum absolute atomic E-state index is 0.117. The number of hydrogen-bond acceptors (Lipinski definition) is 5. The first-order valence-electron chi connectivity index (χ1n) is 10.7. The molecule has 0 bridgehead atoms. The molecular formula is C23H30N4O2. The molecule has 2 aliphatic rings. The van der Waals surface area contributed by atoms with Crippen molar-refractivity contribution in [3.05, 3.63) is 41.6 Å². The van der Waals surface area contributed by atoms with Crippen LogP contribution in [0.4, 0.5) is 5.82 Å². The van der Waals surface area contributed by atoms with Gasteiger partial charge in [-0.2, -0.15) is 0 Å². The number of hydrogen-bond donors (Lipinski definition) is 1. The quantitative estimate of drug-likeness (QED) is 0.839. The van der Waals surface area contributed by atoms with E-state index in [1.165, 1.54) is 5.56 Å². The molecular weight excluding hydrogens is 364 g/mol. The van der Waals surface area contributed by atoms with Crippen LogP contribution in [0.25, 0.3) is 11.4 Å². The van der Waals surface area contributed by atoms with Gasteiger partial charge < -0.3 is 15.0 Å². The maximum atomic E-state index is 12.9. The molecule has 0 aliphatic carbocycles. The Morgan fingerprint density at radius 2 is 1.97 bits per heavy atom. The summed E-state index contributed by atoms with van der Waals surface area (Å²) in [5.41, 5.74) is 2.71. The van der Waals surface area contributed by atoms with Crippen molar-refractivity contribution in [2.24, 2.45) is 5.92 Å². The molecule has 0 radical (unpaired) electrons. The summed E-state index contributed by atoms with van der Waals surface area (Å²) in [5.74, 6) is 1.99. The number of ether oxygens (including phenoxy) is 1. The lowest BCUT2D eigenvalue weighted by atomic mass is 9.99. The minimum atomic E-state index is -0.121. The van der Waals surface area contributed by atoms with Crippen LogP contribution in [-0.4, -0.2) is 48.2 Å². The van der Waals surface area contributed by atoms with E-state index in [9.17, 15) is 4.79 Å². The summed E-state index contributed by atoms with van der Waals surface area (Å²) in [4.78, 5) is 24.5. The van der Waals surface area contributed by atoms with Crippen LogP contribution in [0.5, 0.6) is 0 Å². The molecule has 2 saturated heterocycles. The number of amides is 1. The highest BCUT2D eigenvalue weighted by molar-refractivity contribution is 5.99. The topological polar surface area (TPSA) is 67.3 Å². The number of nitrogens with one attached hydrogen (secondary N) is 1. The summed E-state index contributed by atoms with van der Waals surface area (Å²) < 4.78 is 5.63. The van der Waals surface area contributed by atoms with E-state index in [1.54, 1.807) is 6.20 Å². The van der Waals surface area contributed by atoms with Gasteiger partial charge in [0.15, 0.2) is 5.82 Å². The summed E-state index contributed by atoms with van der Waals surface area (Å²) in [6, 6.07) is 8.18. The van der Waals surface area contributed by atoms with Crippen molar-refractivity contribution < 1.29 is 9.53 Å². The van der Waals surface area contributed by atoms with Crippen LogP contribution >= 0.6 is 0 Å². The number of nitrogens with zero attached hydrogens (tertiary/aromatic N) is 3. The molecule has 2 aliphatic heterocycles. The van der Waals surface area contributed by atoms with E-state index in [1.807, 2.05) is 12.1 Å². The number of carbonyl (C=O) groups is 1. The third-order valence-corrected chi connectivity index (χ3v) is 5.92. The number of aromatic nitrogens is 2. The van der Waals surface area contributed by atoms with Gasteiger partial charge in [0, 0.05) is 38.0 Å². The highest BCUT2D eigenvalue weighted by Crippen LogP contribution is 2.27. The Bertz CT molecular complexity index is 838. The highest BCUT2D eigenvalue weighted by atomic mass is 16.5. The molecule has 29 heavy (non-hydrogen) atoms. The molecule has 3 heterocycles. The number of carbonyl (C=O) groups excluding carboxylic acids is 1. The fraction of sp³-hybridized carbons (Fsp3) is 0.522. The summed E-state index contributed by atoms with van der Waals surface area (Å²) in [5, 5.41) is 3.03. The normalized spacial score (nSPS) is 20.1. The first-order chi connectivity index (χ1) is 14.1. The van der Waals surface area contributed by atoms with Gasteiger partial charge >= 0.3 is 0 Å². The van der Waals surface area contributed by atoms with Crippen LogP contribution < -0.4 is 10.2 Å². The summed E-state index contributed by atoms with van der Waals surface area (Å²) in [6.07, 6.45) is 6.08. The van der Waals surface area contributed by atoms with Gasteiger partial charge in [0.1, 0.15) is 11.4 Å². The molecule has 1 aromatic carbocycles. The zero-order valence-corrected chi connectivity index (χ0v) is 17.4. The van der Waals surface area contributed by atoms with Crippen molar-refractivity contribution in [3.63, 3.8) is 0 Å². The predicted octanol–water partition coefficient (Wildman–Crippen LogP) is 3.60. The Hall–Kier alpha value is -2.47. The van der Waals surface area contributed by atoms with Crippen molar-refractivity contribution in [3.8, 4) is 11.4 Å². The van der Waals surface area contributed by atoms with Crippen molar-refractivity contribution in [2.75, 3.05) is 31.1 Å². The Morgan fingerprint density at radius 3 is 2.66 bits per heavy atom. The van der Waals surface area contributed by atoms with E-state index in [4.69, 9.17) is 9.72 Å². The van der Waals surface area contributed by atoms with Crippen LogP contribution in [0.15, 0.2) is 30.5 Å². The zero-order chi connectivity index (χ0) is 20.2. The maximum absolute atomic E-state index is 12.9. The van der Waals surface area contributed by atoms with Gasteiger partial charge in [-0.3, -0.25) is 4.79 Å². The molecule has 0 spiro atoms. The highest BCUT2D eigenvalue weighted by Gasteiger charge is 2.25. The van der Waals surface area contributed by atoms with Crippen LogP contribution in [0.3, 0.4) is 0 Å². The van der Waals surface area contributed by atoms with E-state index in [0.29, 0.717) is 23.9 Å². The number of piperidine rings is 1. The molecule has 4 rings (SSSR count). The van der Waals surface area contributed by atoms with E-state index < -0.39 is 0 Å². The molecule has 0 unspecified atom stereocenters. The number of benzene rings is 1. The summed E-state index contributed by atoms with van der Waals surface area (Å²) in [7, 11) is 0. The van der Waals surface area contributed by atoms with Gasteiger partial charge in [0.25, 0.3) is 5.91 Å². The Morgan fingerprint density at radius 1 is 1.21 bits per heavy atom. The van der Waals surface area contributed by atoms with Gasteiger partial charge in [-0.1, -0.05) is 36.8 Å².